The third-order valence-electron chi connectivity index (χ3n) is 7.20. The van der Waals surface area contributed by atoms with Crippen molar-refractivity contribution in [3.63, 3.8) is 0 Å². The Labute approximate surface area is 248 Å². The van der Waals surface area contributed by atoms with Crippen molar-refractivity contribution in [3.05, 3.63) is 106 Å². The van der Waals surface area contributed by atoms with Gasteiger partial charge in [-0.3, -0.25) is 14.3 Å². The lowest BCUT2D eigenvalue weighted by Crippen LogP contribution is -2.43. The van der Waals surface area contributed by atoms with Gasteiger partial charge in [0.2, 0.25) is 29.0 Å². The fourth-order valence-corrected chi connectivity index (χ4v) is 6.12. The number of aromatic hydroxyl groups is 1. The number of anilines is 1. The van der Waals surface area contributed by atoms with Gasteiger partial charge in [0.05, 0.1) is 10.3 Å². The van der Waals surface area contributed by atoms with E-state index in [1.54, 1.807) is 0 Å². The van der Waals surface area contributed by atoms with Gasteiger partial charge in [0.25, 0.3) is 10.0 Å². The molecule has 6 rings (SSSR count). The first-order valence-corrected chi connectivity index (χ1v) is 14.7. The second-order valence-corrected chi connectivity index (χ2v) is 11.9. The fourth-order valence-electron chi connectivity index (χ4n) is 5.02. The van der Waals surface area contributed by atoms with Crippen LogP contribution in [0.5, 0.6) is 5.75 Å². The molecule has 1 unspecified atom stereocenters. The van der Waals surface area contributed by atoms with Gasteiger partial charge in [-0.25, -0.2) is 8.42 Å². The molecular formula is C30H23F3N2O8S. The summed E-state index contributed by atoms with van der Waals surface area (Å²) in [5.41, 5.74) is 0.993. The van der Waals surface area contributed by atoms with Gasteiger partial charge in [0.15, 0.2) is 0 Å². The first kappa shape index (κ1) is 29.1. The van der Waals surface area contributed by atoms with Crippen LogP contribution in [0.25, 0.3) is 16.7 Å². The lowest BCUT2D eigenvalue weighted by molar-refractivity contribution is -0.186. The van der Waals surface area contributed by atoms with Crippen LogP contribution >= 0.6 is 0 Å². The van der Waals surface area contributed by atoms with Gasteiger partial charge < -0.3 is 23.9 Å². The molecule has 2 N–H and O–H groups in total. The van der Waals surface area contributed by atoms with Crippen LogP contribution in [0.2, 0.25) is 0 Å². The zero-order valence-corrected chi connectivity index (χ0v) is 23.4. The van der Waals surface area contributed by atoms with Crippen LogP contribution in [0.3, 0.4) is 0 Å². The summed E-state index contributed by atoms with van der Waals surface area (Å²) in [6.45, 7) is -0.539. The van der Waals surface area contributed by atoms with Gasteiger partial charge in [-0.2, -0.15) is 13.2 Å². The SMILES string of the molecule is O=C(N1CCc2ccc(S(=O)(=O)Nc3ccc4oc(C5=COC(Cc6ccccc6)O5)c(O)c(=O)c4c3)cc2C1)C(F)(F)F. The summed E-state index contributed by atoms with van der Waals surface area (Å²) >= 11 is 0. The predicted molar refractivity (Wildman–Crippen MR) is 151 cm³/mol. The summed E-state index contributed by atoms with van der Waals surface area (Å²) in [7, 11) is -4.27. The van der Waals surface area contributed by atoms with Crippen LogP contribution in [0.4, 0.5) is 18.9 Å². The number of sulfonamides is 1. The van der Waals surface area contributed by atoms with Gasteiger partial charge in [0.1, 0.15) is 11.8 Å². The van der Waals surface area contributed by atoms with Crippen molar-refractivity contribution in [2.75, 3.05) is 11.3 Å². The van der Waals surface area contributed by atoms with E-state index in [0.29, 0.717) is 16.9 Å². The molecule has 3 heterocycles. The summed E-state index contributed by atoms with van der Waals surface area (Å²) < 4.78 is 84.4. The van der Waals surface area contributed by atoms with Gasteiger partial charge in [0, 0.05) is 25.2 Å². The molecule has 0 radical (unpaired) electrons. The fraction of sp³-hybridized carbons (Fsp3) is 0.200. The topological polar surface area (TPSA) is 135 Å². The van der Waals surface area contributed by atoms with Crippen molar-refractivity contribution in [3.8, 4) is 5.75 Å². The normalized spacial score (nSPS) is 16.6. The average Bonchev–Trinajstić information content (AvgIpc) is 3.46. The van der Waals surface area contributed by atoms with E-state index in [1.807, 2.05) is 30.3 Å². The maximum Gasteiger partial charge on any atom is 0.471 e. The van der Waals surface area contributed by atoms with Crippen molar-refractivity contribution >= 4 is 38.3 Å². The largest absolute Gasteiger partial charge is 0.501 e. The number of carbonyl (C=O) groups is 1. The number of nitrogens with zero attached hydrogens (tertiary/aromatic N) is 1. The molecule has 0 fully saturated rings. The Morgan fingerprint density at radius 2 is 1.82 bits per heavy atom. The summed E-state index contributed by atoms with van der Waals surface area (Å²) in [5.74, 6) is -3.00. The van der Waals surface area contributed by atoms with Crippen molar-refractivity contribution in [1.29, 1.82) is 0 Å². The van der Waals surface area contributed by atoms with Crippen LogP contribution in [-0.4, -0.2) is 43.3 Å². The number of nitrogens with one attached hydrogen (secondary N) is 1. The Bertz CT molecular complexity index is 1970. The second-order valence-electron chi connectivity index (χ2n) is 10.2. The van der Waals surface area contributed by atoms with E-state index in [-0.39, 0.29) is 51.6 Å². The molecule has 4 aromatic rings. The minimum absolute atomic E-state index is 0.00937. The Hall–Kier alpha value is -4.98. The highest BCUT2D eigenvalue weighted by molar-refractivity contribution is 7.92. The average molecular weight is 629 g/mol. The summed E-state index contributed by atoms with van der Waals surface area (Å²) in [6.07, 6.45) is -3.98. The number of rotatable bonds is 6. The second kappa shape index (κ2) is 10.9. The quantitative estimate of drug-likeness (QED) is 0.315. The number of fused-ring (bicyclic) bond motifs is 2. The van der Waals surface area contributed by atoms with Gasteiger partial charge >= 0.3 is 12.1 Å². The predicted octanol–water partition coefficient (Wildman–Crippen LogP) is 4.66. The van der Waals surface area contributed by atoms with Crippen molar-refractivity contribution in [1.82, 2.24) is 4.90 Å². The molecular weight excluding hydrogens is 605 g/mol. The van der Waals surface area contributed by atoms with E-state index < -0.39 is 46.1 Å². The van der Waals surface area contributed by atoms with E-state index in [9.17, 15) is 36.3 Å². The standard InChI is InChI=1S/C30H23F3N2O8S/c31-30(32,33)29(38)35-11-10-18-6-8-21(13-19(18)15-35)44(39,40)34-20-7-9-23-22(14-20)26(36)27(37)28(43-23)24-16-41-25(42-24)12-17-4-2-1-3-5-17/h1-9,13-14,16,25,34,37H,10-12,15H2. The molecule has 44 heavy (non-hydrogen) atoms. The number of ether oxygens (including phenoxy) is 2. The van der Waals surface area contributed by atoms with Crippen LogP contribution < -0.4 is 10.2 Å². The first-order chi connectivity index (χ1) is 20.9. The third-order valence-corrected chi connectivity index (χ3v) is 8.58. The molecule has 2 aliphatic heterocycles. The molecule has 0 saturated heterocycles. The molecule has 1 atom stereocenters. The number of hydrogen-bond donors (Lipinski definition) is 2. The highest BCUT2D eigenvalue weighted by atomic mass is 32.2. The maximum absolute atomic E-state index is 13.2. The van der Waals surface area contributed by atoms with E-state index in [4.69, 9.17) is 13.9 Å². The summed E-state index contributed by atoms with van der Waals surface area (Å²) in [6, 6.07) is 17.3. The molecule has 1 aromatic heterocycles. The van der Waals surface area contributed by atoms with Gasteiger partial charge in [-0.15, -0.1) is 0 Å². The molecule has 1 amide bonds. The number of amides is 1. The Morgan fingerprint density at radius 1 is 1.05 bits per heavy atom. The number of halogens is 3. The van der Waals surface area contributed by atoms with Crippen molar-refractivity contribution < 1.29 is 45.4 Å². The Balaban J connectivity index is 1.21. The molecule has 3 aromatic carbocycles. The number of alkyl halides is 3. The molecule has 228 valence electrons. The molecule has 2 aliphatic rings. The van der Waals surface area contributed by atoms with Gasteiger partial charge in [-0.1, -0.05) is 36.4 Å². The highest BCUT2D eigenvalue weighted by Gasteiger charge is 2.43. The van der Waals surface area contributed by atoms with E-state index >= 15 is 0 Å². The maximum atomic E-state index is 13.2. The smallest absolute Gasteiger partial charge is 0.471 e. The molecule has 0 spiro atoms. The van der Waals surface area contributed by atoms with Crippen LogP contribution in [0.1, 0.15) is 22.5 Å². The van der Waals surface area contributed by atoms with Crippen molar-refractivity contribution in [2.45, 2.75) is 36.7 Å². The summed E-state index contributed by atoms with van der Waals surface area (Å²) in [4.78, 5) is 25.1. The molecule has 0 aliphatic carbocycles. The minimum atomic E-state index is -5.04. The lowest BCUT2D eigenvalue weighted by Gasteiger charge is -2.29. The molecule has 0 saturated carbocycles. The zero-order chi connectivity index (χ0) is 31.2. The van der Waals surface area contributed by atoms with E-state index in [2.05, 4.69) is 4.72 Å². The molecule has 14 heteroatoms. The van der Waals surface area contributed by atoms with E-state index in [0.717, 1.165) is 5.56 Å². The monoisotopic (exact) mass is 628 g/mol. The Kier molecular flexibility index (Phi) is 7.24. The van der Waals surface area contributed by atoms with Crippen molar-refractivity contribution in [2.24, 2.45) is 0 Å². The highest BCUT2D eigenvalue weighted by Crippen LogP contribution is 2.33. The lowest BCUT2D eigenvalue weighted by atomic mass is 10.00. The first-order valence-electron chi connectivity index (χ1n) is 13.3. The van der Waals surface area contributed by atoms with Crippen LogP contribution in [-0.2, 0) is 43.7 Å². The van der Waals surface area contributed by atoms with Crippen LogP contribution in [0, 0.1) is 0 Å². The van der Waals surface area contributed by atoms with Gasteiger partial charge in [-0.05, 0) is 53.4 Å². The Morgan fingerprint density at radius 3 is 2.57 bits per heavy atom. The molecule has 10 nitrogen and oxygen atoms in total. The minimum Gasteiger partial charge on any atom is -0.501 e. The number of hydrogen-bond acceptors (Lipinski definition) is 8. The summed E-state index contributed by atoms with van der Waals surface area (Å²) in [5, 5.41) is 10.5. The number of benzene rings is 3. The van der Waals surface area contributed by atoms with E-state index in [1.165, 1.54) is 42.7 Å². The molecule has 0 bridgehead atoms. The zero-order valence-electron chi connectivity index (χ0n) is 22.6. The third kappa shape index (κ3) is 5.67. The number of carbonyl (C=O) groups excluding carboxylic acids is 1. The van der Waals surface area contributed by atoms with Crippen LogP contribution in [0.15, 0.2) is 87.1 Å².